The molecule has 0 bridgehead atoms. The van der Waals surface area contributed by atoms with E-state index in [0.717, 1.165) is 45.3 Å². The highest BCUT2D eigenvalue weighted by Crippen LogP contribution is 1.98. The number of carbonyl (C=O) groups excluding carboxylic acids is 2. The zero-order valence-electron chi connectivity index (χ0n) is 13.8. The van der Waals surface area contributed by atoms with Gasteiger partial charge in [-0.15, -0.1) is 0 Å². The fourth-order valence-corrected chi connectivity index (χ4v) is 1.66. The first-order chi connectivity index (χ1) is 11.1. The fraction of sp³-hybridized carbons (Fsp3) is 0.867. The van der Waals surface area contributed by atoms with Gasteiger partial charge in [-0.1, -0.05) is 0 Å². The lowest BCUT2D eigenvalue weighted by molar-refractivity contribution is -0.123. The minimum absolute atomic E-state index is 0.0305. The number of primary amides is 2. The van der Waals surface area contributed by atoms with E-state index in [2.05, 4.69) is 0 Å². The number of ether oxygens (including phenoxy) is 4. The van der Waals surface area contributed by atoms with Crippen molar-refractivity contribution in [2.45, 2.75) is 32.1 Å². The molecule has 0 saturated heterocycles. The number of hydrogen-bond donors (Lipinski definition) is 2. The molecule has 0 radical (unpaired) electrons. The second kappa shape index (κ2) is 17.1. The van der Waals surface area contributed by atoms with Crippen LogP contribution in [0.15, 0.2) is 0 Å². The molecule has 0 aliphatic rings. The quantitative estimate of drug-likeness (QED) is 0.339. The molecule has 0 aliphatic heterocycles. The maximum atomic E-state index is 10.4. The third kappa shape index (κ3) is 20.8. The summed E-state index contributed by atoms with van der Waals surface area (Å²) < 4.78 is 20.9. The molecule has 0 unspecified atom stereocenters. The van der Waals surface area contributed by atoms with Crippen molar-refractivity contribution in [1.82, 2.24) is 0 Å². The number of amides is 2. The van der Waals surface area contributed by atoms with Crippen molar-refractivity contribution in [2.75, 3.05) is 52.9 Å². The smallest absolute Gasteiger partial charge is 0.243 e. The van der Waals surface area contributed by atoms with Crippen LogP contribution in [0.4, 0.5) is 0 Å². The van der Waals surface area contributed by atoms with Gasteiger partial charge in [0.15, 0.2) is 0 Å². The standard InChI is InChI=1S/C15H30N2O6/c16-14(18)12-22-10-4-8-20-6-2-1-3-7-21-9-5-11-23-13-15(17)19/h1-13H2,(H2,16,18)(H2,17,19). The van der Waals surface area contributed by atoms with E-state index in [4.69, 9.17) is 30.4 Å². The summed E-state index contributed by atoms with van der Waals surface area (Å²) in [6, 6.07) is 0. The number of rotatable bonds is 18. The van der Waals surface area contributed by atoms with E-state index in [1.165, 1.54) is 0 Å². The molecule has 0 atom stereocenters. The Morgan fingerprint density at radius 3 is 1.26 bits per heavy atom. The molecule has 2 amide bonds. The monoisotopic (exact) mass is 334 g/mol. The first-order valence-corrected chi connectivity index (χ1v) is 8.00. The van der Waals surface area contributed by atoms with Crippen molar-refractivity contribution in [3.05, 3.63) is 0 Å². The van der Waals surface area contributed by atoms with Crippen LogP contribution < -0.4 is 11.5 Å². The summed E-state index contributed by atoms with van der Waals surface area (Å²) in [4.78, 5) is 20.8. The lowest BCUT2D eigenvalue weighted by Crippen LogP contribution is -2.18. The van der Waals surface area contributed by atoms with Crippen LogP contribution in [0.1, 0.15) is 32.1 Å². The molecular weight excluding hydrogens is 304 g/mol. The Labute approximate surface area is 137 Å². The van der Waals surface area contributed by atoms with Gasteiger partial charge < -0.3 is 30.4 Å². The summed E-state index contributed by atoms with van der Waals surface area (Å²) in [7, 11) is 0. The Morgan fingerprint density at radius 1 is 0.522 bits per heavy atom. The largest absolute Gasteiger partial charge is 0.381 e. The second-order valence-corrected chi connectivity index (χ2v) is 5.03. The Bertz CT molecular complexity index is 274. The number of unbranched alkanes of at least 4 members (excludes halogenated alkanes) is 2. The van der Waals surface area contributed by atoms with Gasteiger partial charge in [0, 0.05) is 39.6 Å². The molecule has 0 rings (SSSR count). The average molecular weight is 334 g/mol. The molecule has 0 spiro atoms. The van der Waals surface area contributed by atoms with Crippen LogP contribution >= 0.6 is 0 Å². The van der Waals surface area contributed by atoms with Crippen LogP contribution in [0.2, 0.25) is 0 Å². The predicted octanol–water partition coefficient (Wildman–Crippen LogP) is -0.0261. The third-order valence-corrected chi connectivity index (χ3v) is 2.72. The normalized spacial score (nSPS) is 10.8. The van der Waals surface area contributed by atoms with Crippen molar-refractivity contribution < 1.29 is 28.5 Å². The van der Waals surface area contributed by atoms with Gasteiger partial charge in [-0.3, -0.25) is 9.59 Å². The summed E-state index contributed by atoms with van der Waals surface area (Å²) in [5.41, 5.74) is 9.87. The maximum absolute atomic E-state index is 10.4. The van der Waals surface area contributed by atoms with E-state index >= 15 is 0 Å². The van der Waals surface area contributed by atoms with Gasteiger partial charge in [-0.25, -0.2) is 0 Å². The molecule has 0 aliphatic carbocycles. The molecule has 0 aromatic rings. The second-order valence-electron chi connectivity index (χ2n) is 5.03. The average Bonchev–Trinajstić information content (AvgIpc) is 2.49. The highest BCUT2D eigenvalue weighted by molar-refractivity contribution is 5.75. The summed E-state index contributed by atoms with van der Waals surface area (Å²) in [6.07, 6.45) is 4.55. The van der Waals surface area contributed by atoms with E-state index in [1.54, 1.807) is 0 Å². The van der Waals surface area contributed by atoms with Crippen molar-refractivity contribution in [2.24, 2.45) is 11.5 Å². The van der Waals surface area contributed by atoms with Crippen LogP contribution in [-0.4, -0.2) is 64.7 Å². The molecule has 0 aromatic carbocycles. The Hall–Kier alpha value is -1.22. The SMILES string of the molecule is NC(=O)COCCCOCCCCCOCCCOCC(N)=O. The van der Waals surface area contributed by atoms with E-state index in [1.807, 2.05) is 0 Å². The molecule has 0 heterocycles. The van der Waals surface area contributed by atoms with Gasteiger partial charge in [0.2, 0.25) is 11.8 Å². The van der Waals surface area contributed by atoms with Crippen LogP contribution in [0.25, 0.3) is 0 Å². The van der Waals surface area contributed by atoms with E-state index in [9.17, 15) is 9.59 Å². The Kier molecular flexibility index (Phi) is 16.2. The maximum Gasteiger partial charge on any atom is 0.243 e. The van der Waals surface area contributed by atoms with Crippen molar-refractivity contribution >= 4 is 11.8 Å². The summed E-state index contributed by atoms with van der Waals surface area (Å²) >= 11 is 0. The lowest BCUT2D eigenvalue weighted by Gasteiger charge is -2.06. The van der Waals surface area contributed by atoms with Crippen LogP contribution in [-0.2, 0) is 28.5 Å². The fourth-order valence-electron chi connectivity index (χ4n) is 1.66. The Balaban J connectivity index is 3.00. The summed E-state index contributed by atoms with van der Waals surface area (Å²) in [5, 5.41) is 0. The number of carbonyl (C=O) groups is 2. The summed E-state index contributed by atoms with van der Waals surface area (Å²) in [6.45, 7) is 3.60. The highest BCUT2D eigenvalue weighted by atomic mass is 16.5. The van der Waals surface area contributed by atoms with Crippen LogP contribution in [0.3, 0.4) is 0 Å². The zero-order valence-corrected chi connectivity index (χ0v) is 13.8. The molecule has 0 saturated carbocycles. The predicted molar refractivity (Wildman–Crippen MR) is 84.7 cm³/mol. The highest BCUT2D eigenvalue weighted by Gasteiger charge is 1.96. The molecule has 0 fully saturated rings. The first-order valence-electron chi connectivity index (χ1n) is 8.00. The zero-order chi connectivity index (χ0) is 17.2. The van der Waals surface area contributed by atoms with Crippen molar-refractivity contribution in [3.8, 4) is 0 Å². The minimum atomic E-state index is -0.452. The van der Waals surface area contributed by atoms with E-state index in [0.29, 0.717) is 26.4 Å². The van der Waals surface area contributed by atoms with Gasteiger partial charge in [0.25, 0.3) is 0 Å². The third-order valence-electron chi connectivity index (χ3n) is 2.72. The lowest BCUT2D eigenvalue weighted by atomic mass is 10.2. The summed E-state index contributed by atoms with van der Waals surface area (Å²) in [5.74, 6) is -0.905. The number of hydrogen-bond acceptors (Lipinski definition) is 6. The van der Waals surface area contributed by atoms with Crippen LogP contribution in [0.5, 0.6) is 0 Å². The minimum Gasteiger partial charge on any atom is -0.381 e. The van der Waals surface area contributed by atoms with Crippen LogP contribution in [0, 0.1) is 0 Å². The van der Waals surface area contributed by atoms with Gasteiger partial charge in [0.1, 0.15) is 13.2 Å². The van der Waals surface area contributed by atoms with E-state index in [-0.39, 0.29) is 13.2 Å². The van der Waals surface area contributed by atoms with Gasteiger partial charge in [0.05, 0.1) is 0 Å². The molecule has 136 valence electrons. The molecule has 8 nitrogen and oxygen atoms in total. The van der Waals surface area contributed by atoms with Crippen molar-refractivity contribution in [1.29, 1.82) is 0 Å². The molecule has 0 aromatic heterocycles. The molecule has 8 heteroatoms. The topological polar surface area (TPSA) is 123 Å². The molecule has 4 N–H and O–H groups in total. The van der Waals surface area contributed by atoms with E-state index < -0.39 is 11.8 Å². The first kappa shape index (κ1) is 21.8. The molecular formula is C15H30N2O6. The van der Waals surface area contributed by atoms with Gasteiger partial charge in [-0.2, -0.15) is 0 Å². The van der Waals surface area contributed by atoms with Gasteiger partial charge >= 0.3 is 0 Å². The molecule has 23 heavy (non-hydrogen) atoms. The Morgan fingerprint density at radius 2 is 0.870 bits per heavy atom. The van der Waals surface area contributed by atoms with Gasteiger partial charge in [-0.05, 0) is 32.1 Å². The number of nitrogens with two attached hydrogens (primary N) is 2. The van der Waals surface area contributed by atoms with Crippen molar-refractivity contribution in [3.63, 3.8) is 0 Å².